The SMILES string of the molecule is [C-]#[N+]c1cc(C#N)[c-]c(-c2ccc(-c3ccccc3)cn2)c1[N+]#[C-].[Ir].[c-]1ccccc1-c1ccccn1. The van der Waals surface area contributed by atoms with Crippen LogP contribution in [0.15, 0.2) is 103 Å². The zero-order valence-corrected chi connectivity index (χ0v) is 21.8. The number of rotatable bonds is 3. The molecule has 0 spiro atoms. The smallest absolute Gasteiger partial charge is 0.181 e. The maximum absolute atomic E-state index is 9.10. The summed E-state index contributed by atoms with van der Waals surface area (Å²) < 4.78 is 0. The summed E-state index contributed by atoms with van der Waals surface area (Å²) in [5.41, 5.74) is 5.43. The standard InChI is InChI=1S/C20H9N4.C11H8N.Ir/c1-22-19-11-14(12-21)10-17(20(19)23-2)18-9-8-16(13-24-18)15-6-4-3-5-7-15;1-2-6-10(7-3-1)11-8-4-5-9-12-11;/h3-9,11,13H;1-6,8-9H;/q2*-1;. The third kappa shape index (κ3) is 6.60. The molecule has 5 aromatic rings. The molecule has 0 fully saturated rings. The van der Waals surface area contributed by atoms with Gasteiger partial charge in [-0.15, -0.1) is 48.0 Å². The van der Waals surface area contributed by atoms with Crippen molar-refractivity contribution in [1.29, 1.82) is 5.26 Å². The predicted molar refractivity (Wildman–Crippen MR) is 140 cm³/mol. The first-order valence-electron chi connectivity index (χ1n) is 10.9. The van der Waals surface area contributed by atoms with Gasteiger partial charge in [0.15, 0.2) is 11.4 Å². The van der Waals surface area contributed by atoms with Gasteiger partial charge in [0.25, 0.3) is 0 Å². The van der Waals surface area contributed by atoms with E-state index in [1.54, 1.807) is 18.5 Å². The molecule has 1 radical (unpaired) electrons. The zero-order valence-electron chi connectivity index (χ0n) is 19.4. The molecule has 5 nitrogen and oxygen atoms in total. The molecule has 0 unspecified atom stereocenters. The third-order valence-electron chi connectivity index (χ3n) is 5.15. The third-order valence-corrected chi connectivity index (χ3v) is 5.15. The Morgan fingerprint density at radius 3 is 2.16 bits per heavy atom. The van der Waals surface area contributed by atoms with E-state index >= 15 is 0 Å². The van der Waals surface area contributed by atoms with Crippen LogP contribution in [0.1, 0.15) is 5.56 Å². The Kier molecular flexibility index (Phi) is 9.55. The Morgan fingerprint density at radius 2 is 1.57 bits per heavy atom. The molecule has 5 rings (SSSR count). The summed E-state index contributed by atoms with van der Waals surface area (Å²) >= 11 is 0. The molecule has 0 atom stereocenters. The van der Waals surface area contributed by atoms with Gasteiger partial charge in [-0.2, -0.15) is 0 Å². The molecule has 2 heterocycles. The molecule has 0 N–H and O–H groups in total. The van der Waals surface area contributed by atoms with Crippen molar-refractivity contribution in [2.45, 2.75) is 0 Å². The van der Waals surface area contributed by atoms with E-state index in [9.17, 15) is 0 Å². The average Bonchev–Trinajstić information content (AvgIpc) is 2.98. The van der Waals surface area contributed by atoms with Gasteiger partial charge in [0.1, 0.15) is 0 Å². The van der Waals surface area contributed by atoms with Gasteiger partial charge in [0, 0.05) is 38.2 Å². The summed E-state index contributed by atoms with van der Waals surface area (Å²) in [5, 5.41) is 9.10. The zero-order chi connectivity index (χ0) is 25.2. The summed E-state index contributed by atoms with van der Waals surface area (Å²) in [6.45, 7) is 14.5. The van der Waals surface area contributed by atoms with Crippen LogP contribution in [-0.2, 0) is 20.1 Å². The van der Waals surface area contributed by atoms with E-state index in [1.165, 1.54) is 6.07 Å². The normalized spacial score (nSPS) is 9.32. The minimum Gasteiger partial charge on any atom is -0.305 e. The Bertz CT molecular complexity index is 1540. The van der Waals surface area contributed by atoms with Crippen LogP contribution in [0, 0.1) is 36.6 Å². The van der Waals surface area contributed by atoms with E-state index in [0.29, 0.717) is 11.3 Å². The average molecular weight is 652 g/mol. The van der Waals surface area contributed by atoms with Crippen LogP contribution < -0.4 is 0 Å². The number of aromatic nitrogens is 2. The van der Waals surface area contributed by atoms with Crippen molar-refractivity contribution < 1.29 is 20.1 Å². The van der Waals surface area contributed by atoms with Crippen molar-refractivity contribution in [2.24, 2.45) is 0 Å². The number of hydrogen-bond donors (Lipinski definition) is 0. The second kappa shape index (κ2) is 13.2. The van der Waals surface area contributed by atoms with Gasteiger partial charge in [-0.25, -0.2) is 5.26 Å². The van der Waals surface area contributed by atoms with Crippen LogP contribution in [0.5, 0.6) is 0 Å². The molecule has 0 aliphatic rings. The largest absolute Gasteiger partial charge is 0.305 e. The van der Waals surface area contributed by atoms with Crippen LogP contribution >= 0.6 is 0 Å². The topological polar surface area (TPSA) is 58.3 Å². The van der Waals surface area contributed by atoms with Gasteiger partial charge in [-0.05, 0) is 29.0 Å². The fourth-order valence-corrected chi connectivity index (χ4v) is 3.42. The van der Waals surface area contributed by atoms with E-state index in [0.717, 1.165) is 22.4 Å². The van der Waals surface area contributed by atoms with Crippen molar-refractivity contribution in [2.75, 3.05) is 0 Å². The van der Waals surface area contributed by atoms with E-state index in [2.05, 4.69) is 31.8 Å². The molecule has 0 saturated heterocycles. The van der Waals surface area contributed by atoms with Crippen LogP contribution in [0.4, 0.5) is 11.4 Å². The molecule has 0 amide bonds. The van der Waals surface area contributed by atoms with Crippen LogP contribution in [-0.4, -0.2) is 9.97 Å². The molecule has 37 heavy (non-hydrogen) atoms. The molecule has 177 valence electrons. The number of hydrogen-bond acceptors (Lipinski definition) is 3. The maximum atomic E-state index is 9.10. The summed E-state index contributed by atoms with van der Waals surface area (Å²) in [6, 6.07) is 36.5. The summed E-state index contributed by atoms with van der Waals surface area (Å²) in [7, 11) is 0. The fourth-order valence-electron chi connectivity index (χ4n) is 3.42. The molecular formula is C31H17IrN5-2. The first kappa shape index (κ1) is 26.7. The summed E-state index contributed by atoms with van der Waals surface area (Å²) in [6.07, 6.45) is 3.50. The van der Waals surface area contributed by atoms with Gasteiger partial charge in [0.05, 0.1) is 13.1 Å². The fraction of sp³-hybridized carbons (Fsp3) is 0. The van der Waals surface area contributed by atoms with E-state index in [4.69, 9.17) is 18.4 Å². The van der Waals surface area contributed by atoms with Crippen molar-refractivity contribution in [3.05, 3.63) is 144 Å². The van der Waals surface area contributed by atoms with E-state index in [-0.39, 0.29) is 37.0 Å². The molecular weight excluding hydrogens is 635 g/mol. The van der Waals surface area contributed by atoms with Crippen LogP contribution in [0.3, 0.4) is 0 Å². The maximum Gasteiger partial charge on any atom is 0.181 e. The molecule has 0 saturated carbocycles. The second-order valence-electron chi connectivity index (χ2n) is 7.42. The minimum absolute atomic E-state index is 0. The minimum atomic E-state index is 0. The number of pyridine rings is 2. The van der Waals surface area contributed by atoms with Crippen molar-refractivity contribution in [3.63, 3.8) is 0 Å². The molecule has 2 aromatic heterocycles. The Labute approximate surface area is 229 Å². The van der Waals surface area contributed by atoms with Crippen molar-refractivity contribution in [3.8, 4) is 39.7 Å². The Hall–Kier alpha value is -4.92. The van der Waals surface area contributed by atoms with Gasteiger partial charge in [-0.3, -0.25) is 14.7 Å². The first-order valence-corrected chi connectivity index (χ1v) is 10.9. The van der Waals surface area contributed by atoms with Crippen LogP contribution in [0.2, 0.25) is 0 Å². The van der Waals surface area contributed by atoms with Crippen molar-refractivity contribution in [1.82, 2.24) is 9.97 Å². The number of nitriles is 1. The molecule has 0 aliphatic heterocycles. The second-order valence-corrected chi connectivity index (χ2v) is 7.42. The molecule has 6 heteroatoms. The van der Waals surface area contributed by atoms with Crippen molar-refractivity contribution >= 4 is 11.4 Å². The Balaban J connectivity index is 0.000000246. The van der Waals surface area contributed by atoms with Gasteiger partial charge in [0.2, 0.25) is 0 Å². The first-order chi connectivity index (χ1) is 17.7. The molecule has 0 aliphatic carbocycles. The molecule has 3 aromatic carbocycles. The van der Waals surface area contributed by atoms with E-state index < -0.39 is 0 Å². The van der Waals surface area contributed by atoms with E-state index in [1.807, 2.05) is 84.9 Å². The quantitative estimate of drug-likeness (QED) is 0.188. The van der Waals surface area contributed by atoms with Gasteiger partial charge in [-0.1, -0.05) is 65.7 Å². The van der Waals surface area contributed by atoms with Gasteiger partial charge >= 0.3 is 0 Å². The monoisotopic (exact) mass is 652 g/mol. The Morgan fingerprint density at radius 1 is 0.784 bits per heavy atom. The number of benzene rings is 3. The predicted octanol–water partition coefficient (Wildman–Crippen LogP) is 7.74. The van der Waals surface area contributed by atoms with Gasteiger partial charge < -0.3 is 4.98 Å². The number of nitrogens with zero attached hydrogens (tertiary/aromatic N) is 5. The molecule has 0 bridgehead atoms. The summed E-state index contributed by atoms with van der Waals surface area (Å²) in [5.74, 6) is 0. The van der Waals surface area contributed by atoms with Crippen LogP contribution in [0.25, 0.3) is 43.3 Å². The summed E-state index contributed by atoms with van der Waals surface area (Å²) in [4.78, 5) is 15.4.